The van der Waals surface area contributed by atoms with Crippen LogP contribution in [0.3, 0.4) is 0 Å². The van der Waals surface area contributed by atoms with Gasteiger partial charge in [0, 0.05) is 20.2 Å². The van der Waals surface area contributed by atoms with Crippen molar-refractivity contribution in [2.45, 2.75) is 20.3 Å². The van der Waals surface area contributed by atoms with Crippen LogP contribution < -0.4 is 5.32 Å². The minimum absolute atomic E-state index is 0.127. The highest BCUT2D eigenvalue weighted by Gasteiger charge is 2.20. The van der Waals surface area contributed by atoms with Crippen LogP contribution in [0.25, 0.3) is 0 Å². The Morgan fingerprint density at radius 3 is 2.67 bits per heavy atom. The zero-order chi connectivity index (χ0) is 13.6. The fourth-order valence-corrected chi connectivity index (χ4v) is 2.25. The Bertz CT molecular complexity index is 380. The Morgan fingerprint density at radius 1 is 1.28 bits per heavy atom. The summed E-state index contributed by atoms with van der Waals surface area (Å²) in [6.07, 6.45) is 0.895. The molecule has 4 heteroatoms. The van der Waals surface area contributed by atoms with E-state index in [-0.39, 0.29) is 5.41 Å². The molecule has 0 spiro atoms. The Balaban J connectivity index is 2.56. The number of hydrogen-bond acceptors (Lipinski definition) is 2. The standard InChI is InChI=1S/C14H21Cl2NO/c1-14(2,10-17-7-8-18-3)9-11-5-4-6-12(15)13(11)16/h4-6,17H,7-10H2,1-3H3. The normalized spacial score (nSPS) is 11.8. The van der Waals surface area contributed by atoms with Crippen molar-refractivity contribution in [3.63, 3.8) is 0 Å². The van der Waals surface area contributed by atoms with E-state index in [0.717, 1.165) is 31.7 Å². The number of hydrogen-bond donors (Lipinski definition) is 1. The SMILES string of the molecule is COCCNCC(C)(C)Cc1cccc(Cl)c1Cl. The molecule has 0 fully saturated rings. The van der Waals surface area contributed by atoms with E-state index < -0.39 is 0 Å². The van der Waals surface area contributed by atoms with Crippen molar-refractivity contribution >= 4 is 23.2 Å². The molecule has 0 atom stereocenters. The van der Waals surface area contributed by atoms with E-state index in [1.165, 1.54) is 0 Å². The van der Waals surface area contributed by atoms with E-state index in [4.69, 9.17) is 27.9 Å². The summed E-state index contributed by atoms with van der Waals surface area (Å²) in [5.74, 6) is 0. The summed E-state index contributed by atoms with van der Waals surface area (Å²) in [6.45, 7) is 6.94. The molecule has 0 saturated heterocycles. The zero-order valence-electron chi connectivity index (χ0n) is 11.2. The zero-order valence-corrected chi connectivity index (χ0v) is 12.7. The highest BCUT2D eigenvalue weighted by Crippen LogP contribution is 2.30. The molecule has 0 saturated carbocycles. The summed E-state index contributed by atoms with van der Waals surface area (Å²) < 4.78 is 5.01. The summed E-state index contributed by atoms with van der Waals surface area (Å²) >= 11 is 12.2. The molecule has 0 heterocycles. The Morgan fingerprint density at radius 2 is 2.00 bits per heavy atom. The number of methoxy groups -OCH3 is 1. The van der Waals surface area contributed by atoms with Crippen LogP contribution in [-0.2, 0) is 11.2 Å². The average Bonchev–Trinajstić information content (AvgIpc) is 2.31. The molecular formula is C14H21Cl2NO. The Kier molecular flexibility index (Phi) is 6.44. The molecule has 0 unspecified atom stereocenters. The molecule has 0 amide bonds. The van der Waals surface area contributed by atoms with Gasteiger partial charge in [-0.15, -0.1) is 0 Å². The third kappa shape index (κ3) is 5.15. The van der Waals surface area contributed by atoms with Gasteiger partial charge >= 0.3 is 0 Å². The van der Waals surface area contributed by atoms with Gasteiger partial charge in [0.2, 0.25) is 0 Å². The van der Waals surface area contributed by atoms with Crippen LogP contribution in [0.1, 0.15) is 19.4 Å². The second kappa shape index (κ2) is 7.34. The van der Waals surface area contributed by atoms with Gasteiger partial charge in [-0.05, 0) is 23.5 Å². The van der Waals surface area contributed by atoms with Gasteiger partial charge in [-0.2, -0.15) is 0 Å². The number of rotatable bonds is 7. The van der Waals surface area contributed by atoms with E-state index in [9.17, 15) is 0 Å². The minimum atomic E-state index is 0.127. The number of nitrogens with one attached hydrogen (secondary N) is 1. The third-order valence-corrected chi connectivity index (χ3v) is 3.65. The fourth-order valence-electron chi connectivity index (χ4n) is 1.86. The van der Waals surface area contributed by atoms with Crippen molar-refractivity contribution in [1.29, 1.82) is 0 Å². The summed E-state index contributed by atoms with van der Waals surface area (Å²) in [5, 5.41) is 4.67. The molecule has 102 valence electrons. The lowest BCUT2D eigenvalue weighted by Gasteiger charge is -2.26. The molecule has 0 bridgehead atoms. The molecule has 0 radical (unpaired) electrons. The van der Waals surface area contributed by atoms with Gasteiger partial charge in [-0.25, -0.2) is 0 Å². The van der Waals surface area contributed by atoms with Crippen LogP contribution in [-0.4, -0.2) is 26.8 Å². The van der Waals surface area contributed by atoms with Crippen molar-refractivity contribution in [3.05, 3.63) is 33.8 Å². The monoisotopic (exact) mass is 289 g/mol. The molecule has 0 aliphatic heterocycles. The first-order valence-corrected chi connectivity index (χ1v) is 6.84. The van der Waals surface area contributed by atoms with Crippen molar-refractivity contribution in [2.75, 3.05) is 26.8 Å². The largest absolute Gasteiger partial charge is 0.383 e. The van der Waals surface area contributed by atoms with E-state index in [1.807, 2.05) is 18.2 Å². The number of ether oxygens (including phenoxy) is 1. The number of halogens is 2. The first kappa shape index (κ1) is 15.8. The molecular weight excluding hydrogens is 269 g/mol. The molecule has 1 aromatic rings. The van der Waals surface area contributed by atoms with Gasteiger partial charge < -0.3 is 10.1 Å². The molecule has 1 rings (SSSR count). The lowest BCUT2D eigenvalue weighted by Crippen LogP contribution is -2.33. The van der Waals surface area contributed by atoms with Gasteiger partial charge in [0.05, 0.1) is 16.7 Å². The molecule has 1 aromatic carbocycles. The smallest absolute Gasteiger partial charge is 0.0624 e. The van der Waals surface area contributed by atoms with Crippen LogP contribution in [0.2, 0.25) is 10.0 Å². The highest BCUT2D eigenvalue weighted by molar-refractivity contribution is 6.42. The second-order valence-corrected chi connectivity index (χ2v) is 6.01. The topological polar surface area (TPSA) is 21.3 Å². The van der Waals surface area contributed by atoms with Crippen LogP contribution in [0.15, 0.2) is 18.2 Å². The van der Waals surface area contributed by atoms with E-state index in [1.54, 1.807) is 7.11 Å². The lowest BCUT2D eigenvalue weighted by molar-refractivity contribution is 0.194. The van der Waals surface area contributed by atoms with Crippen LogP contribution in [0.4, 0.5) is 0 Å². The number of benzene rings is 1. The first-order chi connectivity index (χ1) is 8.46. The van der Waals surface area contributed by atoms with Crippen LogP contribution in [0.5, 0.6) is 0 Å². The molecule has 2 nitrogen and oxygen atoms in total. The molecule has 0 aromatic heterocycles. The maximum absolute atomic E-state index is 6.21. The van der Waals surface area contributed by atoms with Crippen molar-refractivity contribution in [1.82, 2.24) is 5.32 Å². The molecule has 18 heavy (non-hydrogen) atoms. The maximum Gasteiger partial charge on any atom is 0.0624 e. The van der Waals surface area contributed by atoms with Gasteiger partial charge in [0.25, 0.3) is 0 Å². The Hall–Kier alpha value is -0.280. The summed E-state index contributed by atoms with van der Waals surface area (Å²) in [4.78, 5) is 0. The Labute approximate surface area is 120 Å². The maximum atomic E-state index is 6.21. The van der Waals surface area contributed by atoms with Crippen LogP contribution in [0, 0.1) is 5.41 Å². The first-order valence-electron chi connectivity index (χ1n) is 6.09. The third-order valence-electron chi connectivity index (χ3n) is 2.79. The van der Waals surface area contributed by atoms with E-state index in [0.29, 0.717) is 10.0 Å². The summed E-state index contributed by atoms with van der Waals surface area (Å²) in [5.41, 5.74) is 1.23. The van der Waals surface area contributed by atoms with Gasteiger partial charge in [-0.1, -0.05) is 49.2 Å². The predicted octanol–water partition coefficient (Wildman–Crippen LogP) is 3.80. The minimum Gasteiger partial charge on any atom is -0.383 e. The van der Waals surface area contributed by atoms with Gasteiger partial charge in [0.15, 0.2) is 0 Å². The highest BCUT2D eigenvalue weighted by atomic mass is 35.5. The van der Waals surface area contributed by atoms with Gasteiger partial charge in [-0.3, -0.25) is 0 Å². The predicted molar refractivity (Wildman–Crippen MR) is 78.7 cm³/mol. The summed E-state index contributed by atoms with van der Waals surface area (Å²) in [7, 11) is 1.71. The molecule has 1 N–H and O–H groups in total. The summed E-state index contributed by atoms with van der Waals surface area (Å²) in [6, 6.07) is 5.79. The average molecular weight is 290 g/mol. The molecule has 0 aliphatic rings. The van der Waals surface area contributed by atoms with Crippen molar-refractivity contribution in [2.24, 2.45) is 5.41 Å². The second-order valence-electron chi connectivity index (χ2n) is 5.22. The lowest BCUT2D eigenvalue weighted by atomic mass is 9.85. The van der Waals surface area contributed by atoms with Crippen LogP contribution >= 0.6 is 23.2 Å². The van der Waals surface area contributed by atoms with Gasteiger partial charge in [0.1, 0.15) is 0 Å². The van der Waals surface area contributed by atoms with Crippen molar-refractivity contribution in [3.8, 4) is 0 Å². The fraction of sp³-hybridized carbons (Fsp3) is 0.571. The van der Waals surface area contributed by atoms with Crippen molar-refractivity contribution < 1.29 is 4.74 Å². The van der Waals surface area contributed by atoms with E-state index in [2.05, 4.69) is 19.2 Å². The van der Waals surface area contributed by atoms with E-state index >= 15 is 0 Å². The molecule has 0 aliphatic carbocycles. The quantitative estimate of drug-likeness (QED) is 0.771.